The number of nitriles is 1. The molecule has 1 amide bonds. The highest BCUT2D eigenvalue weighted by Gasteiger charge is 2.36. The lowest BCUT2D eigenvalue weighted by atomic mass is 10.0. The zero-order valence-electron chi connectivity index (χ0n) is 14.1. The van der Waals surface area contributed by atoms with Crippen molar-refractivity contribution >= 4 is 17.2 Å². The van der Waals surface area contributed by atoms with E-state index < -0.39 is 6.04 Å². The molecule has 2 aromatic rings. The fourth-order valence-electron chi connectivity index (χ4n) is 3.04. The van der Waals surface area contributed by atoms with E-state index in [0.29, 0.717) is 18.5 Å². The highest BCUT2D eigenvalue weighted by Crippen LogP contribution is 2.34. The highest BCUT2D eigenvalue weighted by atomic mass is 32.1. The van der Waals surface area contributed by atoms with Crippen molar-refractivity contribution in [2.45, 2.75) is 25.9 Å². The molecule has 1 aliphatic rings. The number of carbonyl (C=O) groups excluding carboxylic acids is 1. The maximum absolute atomic E-state index is 12.7. The minimum atomic E-state index is -0.504. The number of carbonyl (C=O) groups is 1. The maximum atomic E-state index is 12.7. The van der Waals surface area contributed by atoms with E-state index in [0.717, 1.165) is 28.4 Å². The second-order valence-electron chi connectivity index (χ2n) is 6.32. The molecule has 0 saturated heterocycles. The van der Waals surface area contributed by atoms with Crippen LogP contribution in [0.25, 0.3) is 0 Å². The fourth-order valence-corrected chi connectivity index (χ4v) is 3.81. The Labute approximate surface area is 146 Å². The summed E-state index contributed by atoms with van der Waals surface area (Å²) in [6.45, 7) is 3.26. The third-order valence-electron chi connectivity index (χ3n) is 4.07. The summed E-state index contributed by atoms with van der Waals surface area (Å²) in [5, 5.41) is 12.6. The van der Waals surface area contributed by atoms with E-state index in [2.05, 4.69) is 16.0 Å². The van der Waals surface area contributed by atoms with Crippen LogP contribution < -0.4 is 0 Å². The Kier molecular flexibility index (Phi) is 4.65. The Morgan fingerprint density at radius 2 is 2.21 bits per heavy atom. The van der Waals surface area contributed by atoms with E-state index in [9.17, 15) is 10.1 Å². The molecule has 2 heterocycles. The monoisotopic (exact) mass is 340 g/mol. The van der Waals surface area contributed by atoms with Gasteiger partial charge in [-0.2, -0.15) is 5.26 Å². The second kappa shape index (κ2) is 6.71. The molecule has 0 spiro atoms. The lowest BCUT2D eigenvalue weighted by Gasteiger charge is -2.19. The fraction of sp³-hybridized carbons (Fsp3) is 0.389. The number of aryl methyl sites for hydroxylation is 1. The van der Waals surface area contributed by atoms with E-state index in [1.807, 2.05) is 44.6 Å². The van der Waals surface area contributed by atoms with Crippen LogP contribution >= 0.6 is 11.3 Å². The van der Waals surface area contributed by atoms with Gasteiger partial charge < -0.3 is 9.80 Å². The molecule has 1 aromatic heterocycles. The van der Waals surface area contributed by atoms with Gasteiger partial charge in [0.1, 0.15) is 6.04 Å². The van der Waals surface area contributed by atoms with Crippen LogP contribution in [0.3, 0.4) is 0 Å². The van der Waals surface area contributed by atoms with E-state index in [1.54, 1.807) is 16.2 Å². The molecule has 0 aliphatic carbocycles. The van der Waals surface area contributed by atoms with Gasteiger partial charge in [0, 0.05) is 41.7 Å². The molecule has 0 saturated carbocycles. The molecule has 6 heteroatoms. The lowest BCUT2D eigenvalue weighted by molar-refractivity contribution is 0.0759. The van der Waals surface area contributed by atoms with Crippen molar-refractivity contribution in [1.29, 1.82) is 5.26 Å². The van der Waals surface area contributed by atoms with Crippen LogP contribution in [0, 0.1) is 18.3 Å². The number of amides is 1. The normalized spacial score (nSPS) is 16.5. The van der Waals surface area contributed by atoms with Gasteiger partial charge in [-0.15, -0.1) is 11.3 Å². The van der Waals surface area contributed by atoms with E-state index in [1.165, 1.54) is 0 Å². The SMILES string of the molecule is Cc1csc(CCN2C(=O)c3ccc(CN(C)C)cc3C2C#N)n1. The first-order valence-electron chi connectivity index (χ1n) is 7.88. The van der Waals surface area contributed by atoms with Crippen LogP contribution in [-0.2, 0) is 13.0 Å². The van der Waals surface area contributed by atoms with Gasteiger partial charge in [0.05, 0.1) is 11.1 Å². The maximum Gasteiger partial charge on any atom is 0.255 e. The third-order valence-corrected chi connectivity index (χ3v) is 5.09. The number of rotatable bonds is 5. The molecule has 3 rings (SSSR count). The first-order chi connectivity index (χ1) is 11.5. The predicted molar refractivity (Wildman–Crippen MR) is 93.8 cm³/mol. The largest absolute Gasteiger partial charge is 0.318 e. The Morgan fingerprint density at radius 1 is 1.42 bits per heavy atom. The zero-order valence-corrected chi connectivity index (χ0v) is 14.9. The molecule has 124 valence electrons. The molecular weight excluding hydrogens is 320 g/mol. The molecule has 1 atom stereocenters. The molecule has 0 fully saturated rings. The summed E-state index contributed by atoms with van der Waals surface area (Å²) in [5.74, 6) is -0.0544. The standard InChI is InChI=1S/C18H20N4OS/c1-12-11-24-17(20-12)6-7-22-16(9-19)15-8-13(10-21(2)3)4-5-14(15)18(22)23/h4-5,8,11,16H,6-7,10H2,1-3H3. The van der Waals surface area contributed by atoms with Crippen molar-refractivity contribution in [3.63, 3.8) is 0 Å². The quantitative estimate of drug-likeness (QED) is 0.840. The summed E-state index contributed by atoms with van der Waals surface area (Å²) in [5.41, 5.74) is 3.59. The Balaban J connectivity index is 1.81. The first kappa shape index (κ1) is 16.6. The summed E-state index contributed by atoms with van der Waals surface area (Å²) >= 11 is 1.60. The smallest absolute Gasteiger partial charge is 0.255 e. The summed E-state index contributed by atoms with van der Waals surface area (Å²) < 4.78 is 0. The Hall–Kier alpha value is -2.23. The predicted octanol–water partition coefficient (Wildman–Crippen LogP) is 2.78. The average molecular weight is 340 g/mol. The van der Waals surface area contributed by atoms with Crippen molar-refractivity contribution in [2.75, 3.05) is 20.6 Å². The number of aromatic nitrogens is 1. The first-order valence-corrected chi connectivity index (χ1v) is 8.76. The van der Waals surface area contributed by atoms with Gasteiger partial charge in [-0.3, -0.25) is 4.79 Å². The molecule has 1 unspecified atom stereocenters. The molecular formula is C18H20N4OS. The number of fused-ring (bicyclic) bond motifs is 1. The molecule has 5 nitrogen and oxygen atoms in total. The lowest BCUT2D eigenvalue weighted by Crippen LogP contribution is -2.29. The zero-order chi connectivity index (χ0) is 17.3. The minimum Gasteiger partial charge on any atom is -0.318 e. The van der Waals surface area contributed by atoms with Gasteiger partial charge in [-0.1, -0.05) is 12.1 Å². The average Bonchev–Trinajstić information content (AvgIpc) is 3.06. The molecule has 0 N–H and O–H groups in total. The van der Waals surface area contributed by atoms with Gasteiger partial charge in [-0.05, 0) is 32.6 Å². The van der Waals surface area contributed by atoms with Crippen LogP contribution in [0.5, 0.6) is 0 Å². The number of benzene rings is 1. The van der Waals surface area contributed by atoms with Crippen LogP contribution in [0.15, 0.2) is 23.6 Å². The second-order valence-corrected chi connectivity index (χ2v) is 7.26. The number of hydrogen-bond acceptors (Lipinski definition) is 5. The summed E-state index contributed by atoms with van der Waals surface area (Å²) in [4.78, 5) is 20.8. The number of hydrogen-bond donors (Lipinski definition) is 0. The Bertz CT molecular complexity index is 806. The molecule has 0 radical (unpaired) electrons. The summed E-state index contributed by atoms with van der Waals surface area (Å²) in [6.07, 6.45) is 0.682. The number of thiazole rings is 1. The number of nitrogens with zero attached hydrogens (tertiary/aromatic N) is 4. The van der Waals surface area contributed by atoms with Crippen molar-refractivity contribution in [1.82, 2.24) is 14.8 Å². The highest BCUT2D eigenvalue weighted by molar-refractivity contribution is 7.09. The molecule has 1 aromatic carbocycles. The van der Waals surface area contributed by atoms with Crippen LogP contribution in [0.2, 0.25) is 0 Å². The van der Waals surface area contributed by atoms with Crippen LogP contribution in [0.1, 0.15) is 38.2 Å². The van der Waals surface area contributed by atoms with Crippen molar-refractivity contribution in [2.24, 2.45) is 0 Å². The van der Waals surface area contributed by atoms with Crippen LogP contribution in [0.4, 0.5) is 0 Å². The van der Waals surface area contributed by atoms with Gasteiger partial charge in [0.25, 0.3) is 5.91 Å². The van der Waals surface area contributed by atoms with Crippen molar-refractivity contribution < 1.29 is 4.79 Å². The van der Waals surface area contributed by atoms with Crippen molar-refractivity contribution in [3.8, 4) is 6.07 Å². The van der Waals surface area contributed by atoms with Gasteiger partial charge in [-0.25, -0.2) is 4.98 Å². The summed E-state index contributed by atoms with van der Waals surface area (Å²) in [6, 6.07) is 7.61. The van der Waals surface area contributed by atoms with E-state index in [4.69, 9.17) is 0 Å². The third kappa shape index (κ3) is 3.18. The Morgan fingerprint density at radius 3 is 2.83 bits per heavy atom. The topological polar surface area (TPSA) is 60.2 Å². The summed E-state index contributed by atoms with van der Waals surface area (Å²) in [7, 11) is 4.00. The van der Waals surface area contributed by atoms with Gasteiger partial charge in [0.2, 0.25) is 0 Å². The van der Waals surface area contributed by atoms with Gasteiger partial charge in [0.15, 0.2) is 0 Å². The van der Waals surface area contributed by atoms with Crippen molar-refractivity contribution in [3.05, 3.63) is 51.0 Å². The minimum absolute atomic E-state index is 0.0544. The molecule has 24 heavy (non-hydrogen) atoms. The molecule has 0 bridgehead atoms. The molecule has 1 aliphatic heterocycles. The van der Waals surface area contributed by atoms with Crippen LogP contribution in [-0.4, -0.2) is 41.3 Å². The van der Waals surface area contributed by atoms with Gasteiger partial charge >= 0.3 is 0 Å². The van der Waals surface area contributed by atoms with E-state index in [-0.39, 0.29) is 5.91 Å². The van der Waals surface area contributed by atoms with E-state index >= 15 is 0 Å².